The van der Waals surface area contributed by atoms with Crippen molar-refractivity contribution >= 4 is 43.6 Å². The zero-order chi connectivity index (χ0) is 22.9. The van der Waals surface area contributed by atoms with Gasteiger partial charge in [-0.25, -0.2) is 15.0 Å². The third-order valence-corrected chi connectivity index (χ3v) is 6.66. The molecule has 0 saturated carbocycles. The second kappa shape index (κ2) is 8.92. The molecule has 5 rings (SSSR count). The van der Waals surface area contributed by atoms with Crippen molar-refractivity contribution in [1.82, 2.24) is 24.5 Å². The molecular formula is C24H21BrN6OS. The number of ether oxygens (including phenoxy) is 1. The normalized spacial score (nSPS) is 11.4. The molecule has 5 aromatic rings. The fraction of sp³-hybridized carbons (Fsp3) is 0.167. The largest absolute Gasteiger partial charge is 0.437 e. The van der Waals surface area contributed by atoms with Crippen molar-refractivity contribution in [3.63, 3.8) is 0 Å². The number of halogens is 1. The Morgan fingerprint density at radius 3 is 2.61 bits per heavy atom. The van der Waals surface area contributed by atoms with Gasteiger partial charge in [-0.1, -0.05) is 59.3 Å². The van der Waals surface area contributed by atoms with Gasteiger partial charge in [0.1, 0.15) is 12.1 Å². The van der Waals surface area contributed by atoms with Gasteiger partial charge in [0, 0.05) is 16.6 Å². The lowest BCUT2D eigenvalue weighted by Gasteiger charge is -2.08. The molecular weight excluding hydrogens is 500 g/mol. The Labute approximate surface area is 203 Å². The smallest absolute Gasteiger partial charge is 0.250 e. The third kappa shape index (κ3) is 4.34. The quantitative estimate of drug-likeness (QED) is 0.278. The predicted molar refractivity (Wildman–Crippen MR) is 135 cm³/mol. The van der Waals surface area contributed by atoms with E-state index in [2.05, 4.69) is 49.7 Å². The molecule has 0 saturated heterocycles. The monoisotopic (exact) mass is 520 g/mol. The van der Waals surface area contributed by atoms with Gasteiger partial charge in [0.15, 0.2) is 16.3 Å². The molecule has 7 nitrogen and oxygen atoms in total. The number of hydrogen-bond acceptors (Lipinski definition) is 7. The van der Waals surface area contributed by atoms with Gasteiger partial charge in [0.05, 0.1) is 16.9 Å². The van der Waals surface area contributed by atoms with E-state index in [0.717, 1.165) is 38.4 Å². The molecule has 3 heterocycles. The highest BCUT2D eigenvalue weighted by atomic mass is 79.9. The van der Waals surface area contributed by atoms with Crippen molar-refractivity contribution in [2.75, 3.05) is 5.73 Å². The first-order valence-electron chi connectivity index (χ1n) is 10.4. The molecule has 0 atom stereocenters. The first-order valence-corrected chi connectivity index (χ1v) is 12.1. The summed E-state index contributed by atoms with van der Waals surface area (Å²) in [5, 5.41) is 0.524. The summed E-state index contributed by atoms with van der Waals surface area (Å²) in [5.74, 6) is 1.58. The van der Waals surface area contributed by atoms with Gasteiger partial charge in [-0.15, -0.1) is 0 Å². The van der Waals surface area contributed by atoms with Crippen molar-refractivity contribution in [3.05, 3.63) is 65.7 Å². The summed E-state index contributed by atoms with van der Waals surface area (Å²) in [6.07, 6.45) is 3.29. The van der Waals surface area contributed by atoms with Crippen LogP contribution in [-0.2, 0) is 6.54 Å². The average molecular weight is 521 g/mol. The summed E-state index contributed by atoms with van der Waals surface area (Å²) >= 11 is 5.08. The number of anilines is 1. The Morgan fingerprint density at radius 1 is 1.06 bits per heavy atom. The van der Waals surface area contributed by atoms with Crippen LogP contribution in [0.2, 0.25) is 0 Å². The van der Waals surface area contributed by atoms with E-state index in [9.17, 15) is 0 Å². The van der Waals surface area contributed by atoms with Gasteiger partial charge in [-0.2, -0.15) is 4.98 Å². The van der Waals surface area contributed by atoms with Crippen molar-refractivity contribution in [2.24, 2.45) is 5.92 Å². The molecule has 9 heteroatoms. The summed E-state index contributed by atoms with van der Waals surface area (Å²) < 4.78 is 9.06. The lowest BCUT2D eigenvalue weighted by molar-refractivity contribution is 0.467. The van der Waals surface area contributed by atoms with Crippen LogP contribution in [0.1, 0.15) is 13.8 Å². The topological polar surface area (TPSA) is 91.7 Å². The molecule has 0 aliphatic rings. The van der Waals surface area contributed by atoms with E-state index in [0.29, 0.717) is 28.2 Å². The third-order valence-electron chi connectivity index (χ3n) is 5.03. The first-order chi connectivity index (χ1) is 16.0. The van der Waals surface area contributed by atoms with Gasteiger partial charge in [-0.3, -0.25) is 0 Å². The highest BCUT2D eigenvalue weighted by molar-refractivity contribution is 9.10. The molecule has 33 heavy (non-hydrogen) atoms. The Bertz CT molecular complexity index is 1430. The van der Waals surface area contributed by atoms with Crippen LogP contribution in [0.3, 0.4) is 0 Å². The molecule has 0 radical (unpaired) electrons. The summed E-state index contributed by atoms with van der Waals surface area (Å²) in [4.78, 5) is 18.7. The van der Waals surface area contributed by atoms with Crippen molar-refractivity contribution in [1.29, 1.82) is 0 Å². The molecule has 2 aromatic carbocycles. The molecule has 0 aliphatic carbocycles. The van der Waals surface area contributed by atoms with Crippen molar-refractivity contribution in [2.45, 2.75) is 20.4 Å². The van der Waals surface area contributed by atoms with Gasteiger partial charge < -0.3 is 15.0 Å². The minimum atomic E-state index is 0.436. The molecule has 3 aromatic heterocycles. The van der Waals surface area contributed by atoms with Crippen molar-refractivity contribution < 1.29 is 4.74 Å². The number of aromatic nitrogens is 5. The van der Waals surface area contributed by atoms with Crippen LogP contribution < -0.4 is 10.5 Å². The second-order valence-corrected chi connectivity index (χ2v) is 9.86. The van der Waals surface area contributed by atoms with E-state index in [1.165, 1.54) is 17.7 Å². The number of benzene rings is 2. The minimum Gasteiger partial charge on any atom is -0.437 e. The van der Waals surface area contributed by atoms with E-state index in [-0.39, 0.29) is 0 Å². The Morgan fingerprint density at radius 2 is 1.85 bits per heavy atom. The number of nitrogens with zero attached hydrogens (tertiary/aromatic N) is 5. The minimum absolute atomic E-state index is 0.436. The Kier molecular flexibility index (Phi) is 5.82. The second-order valence-electron chi connectivity index (χ2n) is 7.98. The fourth-order valence-electron chi connectivity index (χ4n) is 3.61. The number of nitrogens with two attached hydrogens (primary N) is 1. The van der Waals surface area contributed by atoms with Gasteiger partial charge in [0.25, 0.3) is 5.88 Å². The molecule has 2 N–H and O–H groups in total. The van der Waals surface area contributed by atoms with Crippen LogP contribution in [0.4, 0.5) is 5.13 Å². The standard InChI is InChI=1S/C24H21BrN6OS/c1-14(2)11-31-13-29-20-22(31)27-12-28-23(20)32-16-9-7-15(8-10-16)21-19(30-24(26)33-21)17-5-3-4-6-18(17)25/h3-10,12-14H,11H2,1-2H3,(H2,26,30). The van der Waals surface area contributed by atoms with Gasteiger partial charge in [0.2, 0.25) is 0 Å². The molecule has 0 amide bonds. The number of fused-ring (bicyclic) bond motifs is 1. The fourth-order valence-corrected chi connectivity index (χ4v) is 4.94. The highest BCUT2D eigenvalue weighted by Gasteiger charge is 2.17. The van der Waals surface area contributed by atoms with Crippen LogP contribution in [-0.4, -0.2) is 24.5 Å². The number of imidazole rings is 1. The molecule has 166 valence electrons. The average Bonchev–Trinajstić information content (AvgIpc) is 3.38. The van der Waals surface area contributed by atoms with Crippen LogP contribution in [0.15, 0.2) is 65.7 Å². The summed E-state index contributed by atoms with van der Waals surface area (Å²) in [6.45, 7) is 5.15. The van der Waals surface area contributed by atoms with Crippen LogP contribution in [0.25, 0.3) is 32.9 Å². The van der Waals surface area contributed by atoms with E-state index >= 15 is 0 Å². The number of rotatable bonds is 6. The van der Waals surface area contributed by atoms with Gasteiger partial charge >= 0.3 is 0 Å². The molecule has 0 bridgehead atoms. The molecule has 0 aliphatic heterocycles. The molecule has 0 spiro atoms. The summed E-state index contributed by atoms with van der Waals surface area (Å²) in [7, 11) is 0. The maximum Gasteiger partial charge on any atom is 0.250 e. The molecule has 0 unspecified atom stereocenters. The number of nitrogen functional groups attached to an aromatic ring is 1. The molecule has 0 fully saturated rings. The number of thiazole rings is 1. The van der Waals surface area contributed by atoms with Crippen LogP contribution in [0.5, 0.6) is 11.6 Å². The highest BCUT2D eigenvalue weighted by Crippen LogP contribution is 2.41. The van der Waals surface area contributed by atoms with Crippen LogP contribution in [0, 0.1) is 5.92 Å². The zero-order valence-corrected chi connectivity index (χ0v) is 20.5. The van der Waals surface area contributed by atoms with E-state index in [1.54, 1.807) is 6.33 Å². The first kappa shape index (κ1) is 21.5. The Hall–Kier alpha value is -3.30. The SMILES string of the molecule is CC(C)Cn1cnc2c(Oc3ccc(-c4sc(N)nc4-c4ccccc4Br)cc3)ncnc21. The van der Waals surface area contributed by atoms with Gasteiger partial charge in [-0.05, 0) is 41.8 Å². The van der Waals surface area contributed by atoms with E-state index in [1.807, 2.05) is 53.1 Å². The van der Waals surface area contributed by atoms with Crippen molar-refractivity contribution in [3.8, 4) is 33.3 Å². The lowest BCUT2D eigenvalue weighted by Crippen LogP contribution is -2.03. The van der Waals surface area contributed by atoms with E-state index < -0.39 is 0 Å². The zero-order valence-electron chi connectivity index (χ0n) is 18.1. The maximum absolute atomic E-state index is 6.07. The van der Waals surface area contributed by atoms with E-state index in [4.69, 9.17) is 10.5 Å². The Balaban J connectivity index is 1.44. The van der Waals surface area contributed by atoms with Crippen LogP contribution >= 0.6 is 27.3 Å². The predicted octanol–water partition coefficient (Wildman–Crippen LogP) is 6.41. The lowest BCUT2D eigenvalue weighted by atomic mass is 10.1. The summed E-state index contributed by atoms with van der Waals surface area (Å²) in [5.41, 5.74) is 10.3. The maximum atomic E-state index is 6.07. The number of hydrogen-bond donors (Lipinski definition) is 1. The summed E-state index contributed by atoms with van der Waals surface area (Å²) in [6, 6.07) is 15.8.